The highest BCUT2D eigenvalue weighted by atomic mass is 32.2. The van der Waals surface area contributed by atoms with Gasteiger partial charge in [-0.3, -0.25) is 9.59 Å². The van der Waals surface area contributed by atoms with E-state index in [1.165, 1.54) is 17.8 Å². The first kappa shape index (κ1) is 18.5. The predicted molar refractivity (Wildman–Crippen MR) is 109 cm³/mol. The molecule has 2 aromatic rings. The number of hydrogen-bond donors (Lipinski definition) is 0. The number of hydrogen-bond acceptors (Lipinski definition) is 4. The molecule has 5 nitrogen and oxygen atoms in total. The average Bonchev–Trinajstić information content (AvgIpc) is 3.45. The minimum absolute atomic E-state index is 0.0213. The van der Waals surface area contributed by atoms with Crippen molar-refractivity contribution in [2.45, 2.75) is 24.3 Å². The molecule has 5 rings (SSSR count). The average molecular weight is 412 g/mol. The first-order chi connectivity index (χ1) is 14.1. The molecule has 150 valence electrons. The zero-order chi connectivity index (χ0) is 20.2. The smallest absolute Gasteiger partial charge is 0.268 e. The minimum atomic E-state index is -1.09. The third-order valence-electron chi connectivity index (χ3n) is 5.88. The zero-order valence-corrected chi connectivity index (χ0v) is 16.9. The van der Waals surface area contributed by atoms with E-state index in [2.05, 4.69) is 0 Å². The summed E-state index contributed by atoms with van der Waals surface area (Å²) in [5.41, 5.74) is 1.92. The highest BCUT2D eigenvalue weighted by Gasteiger charge is 2.60. The molecule has 2 heterocycles. The molecule has 0 N–H and O–H groups in total. The van der Waals surface area contributed by atoms with Gasteiger partial charge in [0.15, 0.2) is 4.87 Å². The molecule has 1 saturated heterocycles. The third-order valence-corrected chi connectivity index (χ3v) is 7.30. The van der Waals surface area contributed by atoms with Gasteiger partial charge >= 0.3 is 0 Å². The van der Waals surface area contributed by atoms with Crippen molar-refractivity contribution in [3.05, 3.63) is 59.4 Å². The highest BCUT2D eigenvalue weighted by molar-refractivity contribution is 8.01. The number of carbonyl (C=O) groups excluding carboxylic acids is 2. The topological polar surface area (TPSA) is 49.9 Å². The van der Waals surface area contributed by atoms with E-state index in [0.717, 1.165) is 18.4 Å². The van der Waals surface area contributed by atoms with Gasteiger partial charge in [0.05, 0.1) is 19.3 Å². The fourth-order valence-corrected chi connectivity index (χ4v) is 5.71. The van der Waals surface area contributed by atoms with E-state index in [4.69, 9.17) is 4.74 Å². The Morgan fingerprint density at radius 1 is 1.28 bits per heavy atom. The molecule has 2 aliphatic heterocycles. The summed E-state index contributed by atoms with van der Waals surface area (Å²) < 4.78 is 19.7. The largest absolute Gasteiger partial charge is 0.497 e. The first-order valence-corrected chi connectivity index (χ1v) is 10.7. The molecule has 2 amide bonds. The molecule has 1 aliphatic carbocycles. The van der Waals surface area contributed by atoms with Crippen LogP contribution in [0.25, 0.3) is 0 Å². The molecular formula is C22H21FN2O3S. The molecule has 0 radical (unpaired) electrons. The first-order valence-electron chi connectivity index (χ1n) is 9.75. The Labute approximate surface area is 172 Å². The maximum Gasteiger partial charge on any atom is 0.268 e. The van der Waals surface area contributed by atoms with Crippen LogP contribution in [0.2, 0.25) is 0 Å². The normalized spacial score (nSPS) is 23.0. The van der Waals surface area contributed by atoms with E-state index in [-0.39, 0.29) is 30.1 Å². The van der Waals surface area contributed by atoms with Crippen LogP contribution in [0.3, 0.4) is 0 Å². The number of anilines is 1. The van der Waals surface area contributed by atoms with Crippen molar-refractivity contribution in [2.24, 2.45) is 5.92 Å². The molecule has 7 heteroatoms. The number of halogens is 1. The standard InChI is InChI=1S/C22H21FN2O3S/c1-28-16-8-9-19-17(12-16)22(25(10-11-29-22)20(26)14-6-7-14)21(27)24(19)13-15-4-2-3-5-18(15)23/h2-5,8-9,12,14H,6-7,10-11,13H2,1H3. The molecule has 0 aromatic heterocycles. The number of nitrogens with zero attached hydrogens (tertiary/aromatic N) is 2. The SMILES string of the molecule is COc1ccc2c(c1)C1(SCCN1C(=O)C1CC1)C(=O)N2Cc1ccccc1F. The third kappa shape index (κ3) is 2.74. The van der Waals surface area contributed by atoms with Gasteiger partial charge in [0, 0.05) is 29.3 Å². The fourth-order valence-electron chi connectivity index (χ4n) is 4.25. The van der Waals surface area contributed by atoms with Crippen molar-refractivity contribution in [1.82, 2.24) is 4.90 Å². The maximum atomic E-state index is 14.3. The Bertz CT molecular complexity index is 1010. The van der Waals surface area contributed by atoms with Crippen LogP contribution in [0.5, 0.6) is 5.75 Å². The van der Waals surface area contributed by atoms with Crippen molar-refractivity contribution >= 4 is 29.3 Å². The molecule has 0 bridgehead atoms. The van der Waals surface area contributed by atoms with Gasteiger partial charge in [0.2, 0.25) is 5.91 Å². The lowest BCUT2D eigenvalue weighted by Crippen LogP contribution is -2.50. The molecule has 1 spiro atoms. The van der Waals surface area contributed by atoms with Gasteiger partial charge in [-0.15, -0.1) is 11.8 Å². The number of benzene rings is 2. The van der Waals surface area contributed by atoms with Crippen LogP contribution in [0.1, 0.15) is 24.0 Å². The second kappa shape index (κ2) is 6.76. The van der Waals surface area contributed by atoms with Crippen LogP contribution in [-0.4, -0.2) is 36.1 Å². The molecular weight excluding hydrogens is 391 g/mol. The van der Waals surface area contributed by atoms with E-state index in [1.807, 2.05) is 12.1 Å². The van der Waals surface area contributed by atoms with E-state index < -0.39 is 4.87 Å². The van der Waals surface area contributed by atoms with Crippen molar-refractivity contribution in [2.75, 3.05) is 24.3 Å². The number of fused-ring (bicyclic) bond motifs is 2. The van der Waals surface area contributed by atoms with Gasteiger partial charge in [0.25, 0.3) is 5.91 Å². The Balaban J connectivity index is 1.62. The molecule has 2 aromatic carbocycles. The van der Waals surface area contributed by atoms with Gasteiger partial charge in [0.1, 0.15) is 11.6 Å². The van der Waals surface area contributed by atoms with E-state index in [1.54, 1.807) is 41.2 Å². The molecule has 1 unspecified atom stereocenters. The monoisotopic (exact) mass is 412 g/mol. The Hall–Kier alpha value is -2.54. The summed E-state index contributed by atoms with van der Waals surface area (Å²) in [6.45, 7) is 0.661. The summed E-state index contributed by atoms with van der Waals surface area (Å²) in [4.78, 5) is 29.1. The van der Waals surface area contributed by atoms with E-state index in [9.17, 15) is 14.0 Å². The van der Waals surface area contributed by atoms with E-state index >= 15 is 0 Å². The van der Waals surface area contributed by atoms with Crippen LogP contribution in [0.4, 0.5) is 10.1 Å². The lowest BCUT2D eigenvalue weighted by molar-refractivity contribution is -0.141. The Morgan fingerprint density at radius 3 is 2.79 bits per heavy atom. The molecule has 1 atom stereocenters. The second-order valence-corrected chi connectivity index (χ2v) is 8.91. The highest BCUT2D eigenvalue weighted by Crippen LogP contribution is 2.56. The summed E-state index contributed by atoms with van der Waals surface area (Å²) >= 11 is 1.49. The maximum absolute atomic E-state index is 14.3. The van der Waals surface area contributed by atoms with Crippen LogP contribution >= 0.6 is 11.8 Å². The molecule has 1 saturated carbocycles. The lowest BCUT2D eigenvalue weighted by Gasteiger charge is -2.33. The second-order valence-electron chi connectivity index (χ2n) is 7.62. The lowest BCUT2D eigenvalue weighted by atomic mass is 10.0. The number of carbonyl (C=O) groups is 2. The summed E-state index contributed by atoms with van der Waals surface area (Å²) in [5.74, 6) is 0.865. The van der Waals surface area contributed by atoms with Gasteiger partial charge < -0.3 is 14.5 Å². The quantitative estimate of drug-likeness (QED) is 0.771. The van der Waals surface area contributed by atoms with Crippen molar-refractivity contribution in [3.63, 3.8) is 0 Å². The zero-order valence-electron chi connectivity index (χ0n) is 16.1. The Kier molecular flexibility index (Phi) is 4.31. The van der Waals surface area contributed by atoms with Gasteiger partial charge in [-0.25, -0.2) is 4.39 Å². The number of ether oxygens (including phenoxy) is 1. The number of amides is 2. The molecule has 2 fully saturated rings. The number of thioether (sulfide) groups is 1. The molecule has 29 heavy (non-hydrogen) atoms. The van der Waals surface area contributed by atoms with Gasteiger partial charge in [-0.1, -0.05) is 18.2 Å². The van der Waals surface area contributed by atoms with Crippen molar-refractivity contribution in [3.8, 4) is 5.75 Å². The summed E-state index contributed by atoms with van der Waals surface area (Å²) in [7, 11) is 1.58. The summed E-state index contributed by atoms with van der Waals surface area (Å²) in [6.07, 6.45) is 1.77. The molecule has 3 aliphatic rings. The predicted octanol–water partition coefficient (Wildman–Crippen LogP) is 3.52. The number of rotatable bonds is 4. The number of methoxy groups -OCH3 is 1. The minimum Gasteiger partial charge on any atom is -0.497 e. The van der Waals surface area contributed by atoms with Crippen LogP contribution in [0.15, 0.2) is 42.5 Å². The van der Waals surface area contributed by atoms with E-state index in [0.29, 0.717) is 29.3 Å². The van der Waals surface area contributed by atoms with Crippen molar-refractivity contribution in [1.29, 1.82) is 0 Å². The van der Waals surface area contributed by atoms with Gasteiger partial charge in [-0.05, 0) is 37.1 Å². The summed E-state index contributed by atoms with van der Waals surface area (Å²) in [6, 6.07) is 12.0. The van der Waals surface area contributed by atoms with Gasteiger partial charge in [-0.2, -0.15) is 0 Å². The van der Waals surface area contributed by atoms with Crippen LogP contribution in [-0.2, 0) is 21.0 Å². The van der Waals surface area contributed by atoms with Crippen LogP contribution in [0, 0.1) is 11.7 Å². The Morgan fingerprint density at radius 2 is 2.07 bits per heavy atom. The summed E-state index contributed by atoms with van der Waals surface area (Å²) in [5, 5.41) is 0. The van der Waals surface area contributed by atoms with Crippen molar-refractivity contribution < 1.29 is 18.7 Å². The van der Waals surface area contributed by atoms with Crippen LogP contribution < -0.4 is 9.64 Å². The fraction of sp³-hybridized carbons (Fsp3) is 0.364.